The van der Waals surface area contributed by atoms with Crippen molar-refractivity contribution < 1.29 is 29.3 Å². The highest BCUT2D eigenvalue weighted by Gasteiger charge is 2.25. The number of carbonyl (C=O) groups excluding carboxylic acids is 2. The van der Waals surface area contributed by atoms with E-state index in [0.29, 0.717) is 5.75 Å². The number of guanidine groups is 1. The Bertz CT molecular complexity index is 1010. The molecule has 0 bridgehead atoms. The van der Waals surface area contributed by atoms with Gasteiger partial charge in [0, 0.05) is 12.6 Å². The number of aliphatic carboxylic acids is 1. The molecule has 33 heavy (non-hydrogen) atoms. The Kier molecular flexibility index (Phi) is 9.04. The summed E-state index contributed by atoms with van der Waals surface area (Å²) in [6.07, 6.45) is 0. The topological polar surface area (TPSA) is 189 Å². The quantitative estimate of drug-likeness (QED) is 0.156. The molecule has 2 atom stereocenters. The van der Waals surface area contributed by atoms with Gasteiger partial charge in [0.15, 0.2) is 5.96 Å². The second kappa shape index (κ2) is 11.9. The van der Waals surface area contributed by atoms with E-state index >= 15 is 0 Å². The van der Waals surface area contributed by atoms with Crippen LogP contribution in [-0.4, -0.2) is 59.7 Å². The molecule has 11 heteroatoms. The molecule has 0 aliphatic carbocycles. The van der Waals surface area contributed by atoms with Gasteiger partial charge in [-0.3, -0.25) is 14.6 Å². The molecule has 0 aliphatic rings. The summed E-state index contributed by atoms with van der Waals surface area (Å²) in [7, 11) is 0. The van der Waals surface area contributed by atoms with E-state index in [4.69, 9.17) is 16.2 Å². The number of benzene rings is 2. The Balaban J connectivity index is 1.94. The number of rotatable bonds is 11. The first-order valence-corrected chi connectivity index (χ1v) is 10.1. The molecule has 2 amide bonds. The minimum atomic E-state index is -1.35. The molecule has 0 saturated heterocycles. The summed E-state index contributed by atoms with van der Waals surface area (Å²) in [4.78, 5) is 40.2. The summed E-state index contributed by atoms with van der Waals surface area (Å²) >= 11 is 0. The zero-order valence-electron chi connectivity index (χ0n) is 18.0. The van der Waals surface area contributed by atoms with Gasteiger partial charge in [0.1, 0.15) is 24.1 Å². The maximum Gasteiger partial charge on any atom is 0.328 e. The van der Waals surface area contributed by atoms with Crippen LogP contribution in [0.1, 0.15) is 28.8 Å². The molecule has 0 spiro atoms. The second-order valence-corrected chi connectivity index (χ2v) is 7.08. The Morgan fingerprint density at radius 1 is 1.12 bits per heavy atom. The van der Waals surface area contributed by atoms with E-state index in [9.17, 15) is 24.6 Å². The SMILES string of the molecule is CC(C(=O)N[C@@H](CNC(=O)c1ccc(OCCN=C(N)N)cc1O)C(=O)O)c1ccccc1. The molecule has 0 radical (unpaired) electrons. The van der Waals surface area contributed by atoms with Crippen LogP contribution in [0.3, 0.4) is 0 Å². The minimum Gasteiger partial charge on any atom is -0.507 e. The number of phenolic OH excluding ortho intramolecular Hbond substituents is 1. The number of hydrogen-bond acceptors (Lipinski definition) is 6. The predicted octanol–water partition coefficient (Wildman–Crippen LogP) is 0.147. The number of carbonyl (C=O) groups is 3. The number of phenols is 1. The number of hydrogen-bond donors (Lipinski definition) is 6. The minimum absolute atomic E-state index is 0.0705. The molecule has 8 N–H and O–H groups in total. The first-order chi connectivity index (χ1) is 15.7. The van der Waals surface area contributed by atoms with Crippen molar-refractivity contribution in [2.45, 2.75) is 18.9 Å². The summed E-state index contributed by atoms with van der Waals surface area (Å²) in [5.74, 6) is -3.23. The number of amides is 2. The van der Waals surface area contributed by atoms with Gasteiger partial charge in [0.05, 0.1) is 18.0 Å². The highest BCUT2D eigenvalue weighted by Crippen LogP contribution is 2.23. The molecule has 11 nitrogen and oxygen atoms in total. The molecule has 0 heterocycles. The highest BCUT2D eigenvalue weighted by molar-refractivity contribution is 5.97. The molecule has 2 rings (SSSR count). The smallest absolute Gasteiger partial charge is 0.328 e. The Morgan fingerprint density at radius 3 is 2.42 bits per heavy atom. The van der Waals surface area contributed by atoms with E-state index in [2.05, 4.69) is 15.6 Å². The number of carboxylic acid groups (broad SMARTS) is 1. The van der Waals surface area contributed by atoms with Crippen molar-refractivity contribution in [3.05, 3.63) is 59.7 Å². The maximum absolute atomic E-state index is 12.4. The fourth-order valence-electron chi connectivity index (χ4n) is 2.81. The van der Waals surface area contributed by atoms with Crippen LogP contribution in [0.15, 0.2) is 53.5 Å². The maximum atomic E-state index is 12.4. The van der Waals surface area contributed by atoms with Gasteiger partial charge in [0.2, 0.25) is 5.91 Å². The van der Waals surface area contributed by atoms with Crippen LogP contribution in [0, 0.1) is 0 Å². The number of carboxylic acids is 1. The van der Waals surface area contributed by atoms with Crippen molar-refractivity contribution in [1.82, 2.24) is 10.6 Å². The van der Waals surface area contributed by atoms with Gasteiger partial charge >= 0.3 is 5.97 Å². The molecule has 0 aromatic heterocycles. The van der Waals surface area contributed by atoms with E-state index in [-0.39, 0.29) is 37.0 Å². The fraction of sp³-hybridized carbons (Fsp3) is 0.273. The number of aliphatic imine (C=N–C) groups is 1. The van der Waals surface area contributed by atoms with Crippen LogP contribution in [0.5, 0.6) is 11.5 Å². The van der Waals surface area contributed by atoms with Crippen molar-refractivity contribution in [2.75, 3.05) is 19.7 Å². The van der Waals surface area contributed by atoms with E-state index in [0.717, 1.165) is 5.56 Å². The van der Waals surface area contributed by atoms with Gasteiger partial charge in [-0.25, -0.2) is 4.79 Å². The van der Waals surface area contributed by atoms with Gasteiger partial charge in [-0.05, 0) is 24.6 Å². The van der Waals surface area contributed by atoms with E-state index in [1.807, 2.05) is 6.07 Å². The molecule has 0 fully saturated rings. The molecule has 2 aromatic rings. The fourth-order valence-corrected chi connectivity index (χ4v) is 2.81. The molecule has 2 aromatic carbocycles. The molecule has 176 valence electrons. The van der Waals surface area contributed by atoms with Crippen LogP contribution in [0.2, 0.25) is 0 Å². The number of ether oxygens (including phenoxy) is 1. The van der Waals surface area contributed by atoms with Gasteiger partial charge in [-0.15, -0.1) is 0 Å². The number of nitrogens with one attached hydrogen (secondary N) is 2. The van der Waals surface area contributed by atoms with E-state index in [1.54, 1.807) is 31.2 Å². The Hall–Kier alpha value is -4.28. The lowest BCUT2D eigenvalue weighted by molar-refractivity contribution is -0.141. The van der Waals surface area contributed by atoms with Crippen LogP contribution >= 0.6 is 0 Å². The lowest BCUT2D eigenvalue weighted by atomic mass is 10.00. The molecule has 0 aliphatic heterocycles. The Morgan fingerprint density at radius 2 is 1.82 bits per heavy atom. The largest absolute Gasteiger partial charge is 0.507 e. The van der Waals surface area contributed by atoms with Crippen LogP contribution in [-0.2, 0) is 9.59 Å². The number of aromatic hydroxyl groups is 1. The normalized spacial score (nSPS) is 12.2. The van der Waals surface area contributed by atoms with E-state index < -0.39 is 29.7 Å². The molecular weight excluding hydrogens is 430 g/mol. The summed E-state index contributed by atoms with van der Waals surface area (Å²) < 4.78 is 5.37. The summed E-state index contributed by atoms with van der Waals surface area (Å²) in [5.41, 5.74) is 11.1. The van der Waals surface area contributed by atoms with Crippen molar-refractivity contribution in [1.29, 1.82) is 0 Å². The number of nitrogens with two attached hydrogens (primary N) is 2. The van der Waals surface area contributed by atoms with Gasteiger partial charge in [-0.1, -0.05) is 30.3 Å². The van der Waals surface area contributed by atoms with Crippen molar-refractivity contribution in [3.8, 4) is 11.5 Å². The third kappa shape index (κ3) is 7.73. The zero-order valence-corrected chi connectivity index (χ0v) is 18.0. The van der Waals surface area contributed by atoms with Crippen LogP contribution in [0.25, 0.3) is 0 Å². The standard InChI is InChI=1S/C22H27N5O6/c1-13(14-5-3-2-4-6-14)19(29)27-17(21(31)32)12-26-20(30)16-8-7-15(11-18(16)28)33-10-9-25-22(23)24/h2-8,11,13,17,28H,9-10,12H2,1H3,(H,26,30)(H,27,29)(H,31,32)(H4,23,24,25)/t13?,17-/m0/s1. The zero-order chi connectivity index (χ0) is 24.4. The Labute approximate surface area is 190 Å². The first kappa shape index (κ1) is 25.0. The molecule has 1 unspecified atom stereocenters. The average Bonchev–Trinajstić information content (AvgIpc) is 2.79. The highest BCUT2D eigenvalue weighted by atomic mass is 16.5. The summed E-state index contributed by atoms with van der Waals surface area (Å²) in [6, 6.07) is 11.6. The van der Waals surface area contributed by atoms with Crippen LogP contribution in [0.4, 0.5) is 0 Å². The first-order valence-electron chi connectivity index (χ1n) is 10.1. The van der Waals surface area contributed by atoms with Gasteiger partial charge in [0.25, 0.3) is 5.91 Å². The predicted molar refractivity (Wildman–Crippen MR) is 121 cm³/mol. The lowest BCUT2D eigenvalue weighted by Gasteiger charge is -2.19. The summed E-state index contributed by atoms with van der Waals surface area (Å²) in [6.45, 7) is 1.65. The average molecular weight is 457 g/mol. The van der Waals surface area contributed by atoms with Gasteiger partial charge in [-0.2, -0.15) is 0 Å². The summed E-state index contributed by atoms with van der Waals surface area (Å²) in [5, 5.41) is 24.4. The van der Waals surface area contributed by atoms with Crippen molar-refractivity contribution in [3.63, 3.8) is 0 Å². The monoisotopic (exact) mass is 457 g/mol. The molecular formula is C22H27N5O6. The lowest BCUT2D eigenvalue weighted by Crippen LogP contribution is -2.49. The second-order valence-electron chi connectivity index (χ2n) is 7.08. The number of nitrogens with zero attached hydrogens (tertiary/aromatic N) is 1. The third-order valence-electron chi connectivity index (χ3n) is 4.64. The van der Waals surface area contributed by atoms with Crippen molar-refractivity contribution in [2.24, 2.45) is 16.5 Å². The third-order valence-corrected chi connectivity index (χ3v) is 4.64. The van der Waals surface area contributed by atoms with E-state index in [1.165, 1.54) is 18.2 Å². The van der Waals surface area contributed by atoms with Gasteiger partial charge < -0.3 is 37.1 Å². The molecule has 0 saturated carbocycles. The van der Waals surface area contributed by atoms with Crippen LogP contribution < -0.4 is 26.8 Å². The van der Waals surface area contributed by atoms with Crippen molar-refractivity contribution >= 4 is 23.7 Å².